The van der Waals surface area contributed by atoms with Crippen molar-refractivity contribution in [3.05, 3.63) is 62.8 Å². The normalized spacial score (nSPS) is 16.8. The Bertz CT molecular complexity index is 788. The van der Waals surface area contributed by atoms with Crippen molar-refractivity contribution in [2.24, 2.45) is 0 Å². The number of nitrogen functional groups attached to an aromatic ring is 1. The lowest BCUT2D eigenvalue weighted by molar-refractivity contribution is 0.397. The third-order valence-corrected chi connectivity index (χ3v) is 4.98. The van der Waals surface area contributed by atoms with Crippen LogP contribution in [0, 0.1) is 6.92 Å². The fraction of sp³-hybridized carbons (Fsp3) is 0.263. The van der Waals surface area contributed by atoms with Crippen molar-refractivity contribution in [3.63, 3.8) is 0 Å². The number of rotatable bonds is 2. The second kappa shape index (κ2) is 5.93. The summed E-state index contributed by atoms with van der Waals surface area (Å²) in [4.78, 5) is 0. The topological polar surface area (TPSA) is 44.5 Å². The quantitative estimate of drug-likeness (QED) is 0.738. The van der Waals surface area contributed by atoms with Gasteiger partial charge in [-0.3, -0.25) is 0 Å². The van der Waals surface area contributed by atoms with Crippen LogP contribution in [0.4, 0.5) is 5.69 Å². The number of hydrogen-bond acceptors (Lipinski definition) is 3. The first kappa shape index (κ1) is 15.9. The SMILES string of the molecule is COc1c(C)cc([C@H]2C(C)=C(C)Oc3cc(N)ccc32)cc1Br. The molecule has 0 bridgehead atoms. The van der Waals surface area contributed by atoms with Crippen LogP contribution < -0.4 is 15.2 Å². The van der Waals surface area contributed by atoms with Crippen molar-refractivity contribution in [1.29, 1.82) is 0 Å². The van der Waals surface area contributed by atoms with E-state index < -0.39 is 0 Å². The van der Waals surface area contributed by atoms with Gasteiger partial charge in [-0.05, 0) is 65.5 Å². The van der Waals surface area contributed by atoms with Crippen molar-refractivity contribution < 1.29 is 9.47 Å². The number of nitrogens with two attached hydrogens (primary N) is 1. The molecule has 120 valence electrons. The Hall–Kier alpha value is -1.94. The molecule has 3 nitrogen and oxygen atoms in total. The molecule has 2 N–H and O–H groups in total. The lowest BCUT2D eigenvalue weighted by atomic mass is 9.82. The second-order valence-corrected chi connectivity index (χ2v) is 6.78. The number of fused-ring (bicyclic) bond motifs is 1. The van der Waals surface area contributed by atoms with Gasteiger partial charge in [0.25, 0.3) is 0 Å². The van der Waals surface area contributed by atoms with Crippen LogP contribution in [0.2, 0.25) is 0 Å². The zero-order valence-electron chi connectivity index (χ0n) is 13.7. The highest BCUT2D eigenvalue weighted by atomic mass is 79.9. The van der Waals surface area contributed by atoms with Crippen LogP contribution in [-0.2, 0) is 0 Å². The van der Waals surface area contributed by atoms with E-state index >= 15 is 0 Å². The predicted molar refractivity (Wildman–Crippen MR) is 97.1 cm³/mol. The van der Waals surface area contributed by atoms with Crippen molar-refractivity contribution in [3.8, 4) is 11.5 Å². The summed E-state index contributed by atoms with van der Waals surface area (Å²) < 4.78 is 12.4. The summed E-state index contributed by atoms with van der Waals surface area (Å²) >= 11 is 3.62. The molecule has 0 aromatic heterocycles. The third-order valence-electron chi connectivity index (χ3n) is 4.39. The average Bonchev–Trinajstić information content (AvgIpc) is 2.48. The van der Waals surface area contributed by atoms with Gasteiger partial charge in [0.1, 0.15) is 17.3 Å². The molecule has 3 rings (SSSR count). The Morgan fingerprint density at radius 3 is 2.52 bits per heavy atom. The molecule has 0 saturated carbocycles. The molecule has 0 amide bonds. The van der Waals surface area contributed by atoms with Gasteiger partial charge in [0.05, 0.1) is 11.6 Å². The number of hydrogen-bond donors (Lipinski definition) is 1. The Morgan fingerprint density at radius 2 is 1.87 bits per heavy atom. The summed E-state index contributed by atoms with van der Waals surface area (Å²) in [6.07, 6.45) is 0. The van der Waals surface area contributed by atoms with E-state index in [4.69, 9.17) is 15.2 Å². The summed E-state index contributed by atoms with van der Waals surface area (Å²) in [5.74, 6) is 2.79. The number of anilines is 1. The van der Waals surface area contributed by atoms with E-state index in [1.54, 1.807) is 7.11 Å². The molecule has 1 aliphatic rings. The molecule has 4 heteroatoms. The monoisotopic (exact) mass is 373 g/mol. The van der Waals surface area contributed by atoms with Gasteiger partial charge >= 0.3 is 0 Å². The van der Waals surface area contributed by atoms with E-state index in [0.29, 0.717) is 5.69 Å². The minimum absolute atomic E-state index is 0.153. The number of aryl methyl sites for hydroxylation is 1. The van der Waals surface area contributed by atoms with E-state index in [1.165, 1.54) is 11.1 Å². The molecule has 2 aromatic carbocycles. The van der Waals surface area contributed by atoms with E-state index in [2.05, 4.69) is 48.0 Å². The van der Waals surface area contributed by atoms with Gasteiger partial charge in [-0.15, -0.1) is 0 Å². The van der Waals surface area contributed by atoms with Crippen LogP contribution in [0.25, 0.3) is 0 Å². The van der Waals surface area contributed by atoms with Crippen LogP contribution in [0.15, 0.2) is 46.1 Å². The van der Waals surface area contributed by atoms with Gasteiger partial charge in [-0.2, -0.15) is 0 Å². The van der Waals surface area contributed by atoms with Gasteiger partial charge in [0.2, 0.25) is 0 Å². The lowest BCUT2D eigenvalue weighted by Crippen LogP contribution is -2.14. The summed E-state index contributed by atoms with van der Waals surface area (Å²) in [7, 11) is 1.69. The molecule has 1 aliphatic heterocycles. The van der Waals surface area contributed by atoms with Crippen molar-refractivity contribution in [1.82, 2.24) is 0 Å². The zero-order valence-corrected chi connectivity index (χ0v) is 15.3. The van der Waals surface area contributed by atoms with E-state index in [9.17, 15) is 0 Å². The third kappa shape index (κ3) is 2.72. The zero-order chi connectivity index (χ0) is 16.7. The Morgan fingerprint density at radius 1 is 1.13 bits per heavy atom. The van der Waals surface area contributed by atoms with Crippen LogP contribution in [0.5, 0.6) is 11.5 Å². The first-order valence-corrected chi connectivity index (χ1v) is 8.30. The maximum atomic E-state index is 5.95. The standard InChI is InChI=1S/C19H20BrNO2/c1-10-7-13(8-16(20)19(10)22-4)18-11(2)12(3)23-17-9-14(21)5-6-15(17)18/h5-9,18H,21H2,1-4H3/t18-/m1/s1. The smallest absolute Gasteiger partial charge is 0.135 e. The summed E-state index contributed by atoms with van der Waals surface area (Å²) in [5, 5.41) is 0. The molecule has 0 saturated heterocycles. The molecule has 0 unspecified atom stereocenters. The Kier molecular flexibility index (Phi) is 4.11. The van der Waals surface area contributed by atoms with Gasteiger partial charge in [0, 0.05) is 23.2 Å². The number of methoxy groups -OCH3 is 1. The lowest BCUT2D eigenvalue weighted by Gasteiger charge is -2.29. The van der Waals surface area contributed by atoms with Gasteiger partial charge in [0.15, 0.2) is 0 Å². The Balaban J connectivity index is 2.20. The molecule has 0 aliphatic carbocycles. The maximum Gasteiger partial charge on any atom is 0.135 e. The number of benzene rings is 2. The summed E-state index contributed by atoms with van der Waals surface area (Å²) in [6.45, 7) is 6.18. The minimum atomic E-state index is 0.153. The molecule has 1 heterocycles. The van der Waals surface area contributed by atoms with Crippen molar-refractivity contribution >= 4 is 21.6 Å². The number of ether oxygens (including phenoxy) is 2. The maximum absolute atomic E-state index is 5.95. The van der Waals surface area contributed by atoms with Crippen LogP contribution in [0.3, 0.4) is 0 Å². The fourth-order valence-electron chi connectivity index (χ4n) is 3.17. The van der Waals surface area contributed by atoms with Gasteiger partial charge in [-0.25, -0.2) is 0 Å². The molecule has 23 heavy (non-hydrogen) atoms. The predicted octanol–water partition coefficient (Wildman–Crippen LogP) is 5.17. The van der Waals surface area contributed by atoms with Crippen LogP contribution >= 0.6 is 15.9 Å². The summed E-state index contributed by atoms with van der Waals surface area (Å²) in [5.41, 5.74) is 11.3. The molecule has 0 fully saturated rings. The first-order valence-electron chi connectivity index (χ1n) is 7.51. The fourth-order valence-corrected chi connectivity index (χ4v) is 3.91. The van der Waals surface area contributed by atoms with Gasteiger partial charge in [-0.1, -0.05) is 12.1 Å². The molecule has 1 atom stereocenters. The number of allylic oxidation sites excluding steroid dienone is 2. The van der Waals surface area contributed by atoms with E-state index in [0.717, 1.165) is 32.9 Å². The molecule has 0 radical (unpaired) electrons. The van der Waals surface area contributed by atoms with Crippen LogP contribution in [-0.4, -0.2) is 7.11 Å². The Labute approximate surface area is 145 Å². The number of halogens is 1. The molecular formula is C19H20BrNO2. The largest absolute Gasteiger partial charge is 0.495 e. The molecule has 0 spiro atoms. The van der Waals surface area contributed by atoms with Crippen molar-refractivity contribution in [2.45, 2.75) is 26.7 Å². The van der Waals surface area contributed by atoms with Crippen LogP contribution in [0.1, 0.15) is 36.5 Å². The van der Waals surface area contributed by atoms with E-state index in [1.807, 2.05) is 19.1 Å². The highest BCUT2D eigenvalue weighted by Gasteiger charge is 2.28. The first-order chi connectivity index (χ1) is 10.9. The van der Waals surface area contributed by atoms with Gasteiger partial charge < -0.3 is 15.2 Å². The average molecular weight is 374 g/mol. The molecular weight excluding hydrogens is 354 g/mol. The van der Waals surface area contributed by atoms with E-state index in [-0.39, 0.29) is 5.92 Å². The summed E-state index contributed by atoms with van der Waals surface area (Å²) in [6, 6.07) is 10.2. The highest BCUT2D eigenvalue weighted by molar-refractivity contribution is 9.10. The minimum Gasteiger partial charge on any atom is -0.495 e. The molecule has 2 aromatic rings. The highest BCUT2D eigenvalue weighted by Crippen LogP contribution is 2.45. The second-order valence-electron chi connectivity index (χ2n) is 5.92. The van der Waals surface area contributed by atoms with Crippen molar-refractivity contribution in [2.75, 3.05) is 12.8 Å².